The number of aromatic nitrogens is 3. The maximum atomic E-state index is 13.2. The fourth-order valence-electron chi connectivity index (χ4n) is 4.37. The van der Waals surface area contributed by atoms with E-state index in [1.165, 1.54) is 0 Å². The van der Waals surface area contributed by atoms with Crippen molar-refractivity contribution in [2.24, 2.45) is 13.0 Å². The number of carbonyl (C=O) groups excluding carboxylic acids is 1. The molecule has 1 heterocycles. The molecule has 33 heavy (non-hydrogen) atoms. The highest BCUT2D eigenvalue weighted by Gasteiger charge is 2.31. The number of ether oxygens (including phenoxy) is 1. The van der Waals surface area contributed by atoms with Crippen LogP contribution >= 0.6 is 0 Å². The summed E-state index contributed by atoms with van der Waals surface area (Å²) in [6.07, 6.45) is 0. The molecule has 1 N–H and O–H groups in total. The molecule has 0 spiro atoms. The third-order valence-electron chi connectivity index (χ3n) is 6.41. The number of benzene rings is 3. The molecule has 0 saturated heterocycles. The predicted molar refractivity (Wildman–Crippen MR) is 128 cm³/mol. The zero-order valence-electron chi connectivity index (χ0n) is 19.4. The standard InChI is InChI=1S/C27H29N3O3/c1-17-10-11-21(14-22(17)15-31)25(19(3)27(32)33-16-20-8-6-5-7-9-20)23-12-13-24-26(18(23)2)28-29-30(24)4/h5-14,19,25,31H,15-16H2,1-4H3/t19?,25-/m1/s1. The molecule has 4 aromatic rings. The molecule has 1 aromatic heterocycles. The third-order valence-corrected chi connectivity index (χ3v) is 6.41. The maximum absolute atomic E-state index is 13.2. The molecule has 0 aliphatic carbocycles. The van der Waals surface area contributed by atoms with Gasteiger partial charge in [-0.25, -0.2) is 4.68 Å². The highest BCUT2D eigenvalue weighted by molar-refractivity contribution is 5.81. The monoisotopic (exact) mass is 443 g/mol. The van der Waals surface area contributed by atoms with Crippen molar-refractivity contribution >= 4 is 17.0 Å². The fraction of sp³-hybridized carbons (Fsp3) is 0.296. The summed E-state index contributed by atoms with van der Waals surface area (Å²) in [5.74, 6) is -0.977. The van der Waals surface area contributed by atoms with E-state index in [2.05, 4.69) is 10.3 Å². The van der Waals surface area contributed by atoms with Gasteiger partial charge in [0.05, 0.1) is 18.0 Å². The molecule has 0 saturated carbocycles. The number of carbonyl (C=O) groups is 1. The zero-order valence-corrected chi connectivity index (χ0v) is 19.4. The van der Waals surface area contributed by atoms with Crippen LogP contribution in [-0.4, -0.2) is 26.1 Å². The van der Waals surface area contributed by atoms with Gasteiger partial charge < -0.3 is 9.84 Å². The van der Waals surface area contributed by atoms with Gasteiger partial charge in [-0.1, -0.05) is 66.7 Å². The van der Waals surface area contributed by atoms with Crippen LogP contribution in [0.25, 0.3) is 11.0 Å². The van der Waals surface area contributed by atoms with Gasteiger partial charge in [0.15, 0.2) is 0 Å². The number of rotatable bonds is 7. The summed E-state index contributed by atoms with van der Waals surface area (Å²) >= 11 is 0. The van der Waals surface area contributed by atoms with Crippen LogP contribution in [0.3, 0.4) is 0 Å². The Morgan fingerprint density at radius 1 is 1.09 bits per heavy atom. The number of esters is 1. The third kappa shape index (κ3) is 4.52. The quantitative estimate of drug-likeness (QED) is 0.423. The second kappa shape index (κ2) is 9.55. The Labute approximate surface area is 193 Å². The van der Waals surface area contributed by atoms with Crippen molar-refractivity contribution < 1.29 is 14.6 Å². The lowest BCUT2D eigenvalue weighted by atomic mass is 9.79. The van der Waals surface area contributed by atoms with Crippen LogP contribution in [0.2, 0.25) is 0 Å². The molecule has 3 aromatic carbocycles. The van der Waals surface area contributed by atoms with Crippen LogP contribution < -0.4 is 0 Å². The van der Waals surface area contributed by atoms with Gasteiger partial charge in [0, 0.05) is 13.0 Å². The van der Waals surface area contributed by atoms with Gasteiger partial charge >= 0.3 is 5.97 Å². The van der Waals surface area contributed by atoms with Gasteiger partial charge in [-0.05, 0) is 53.3 Å². The van der Waals surface area contributed by atoms with E-state index in [9.17, 15) is 9.90 Å². The number of aryl methyl sites for hydroxylation is 3. The number of aliphatic hydroxyl groups excluding tert-OH is 1. The van der Waals surface area contributed by atoms with Crippen molar-refractivity contribution in [1.29, 1.82) is 0 Å². The lowest BCUT2D eigenvalue weighted by molar-refractivity contribution is -0.149. The van der Waals surface area contributed by atoms with Crippen molar-refractivity contribution in [1.82, 2.24) is 15.0 Å². The molecule has 0 aliphatic heterocycles. The van der Waals surface area contributed by atoms with Crippen LogP contribution in [0.1, 0.15) is 46.2 Å². The van der Waals surface area contributed by atoms with E-state index in [1.54, 1.807) is 4.68 Å². The first kappa shape index (κ1) is 22.7. The van der Waals surface area contributed by atoms with Gasteiger partial charge in [-0.15, -0.1) is 5.10 Å². The summed E-state index contributed by atoms with van der Waals surface area (Å²) in [7, 11) is 1.86. The molecule has 170 valence electrons. The number of fused-ring (bicyclic) bond motifs is 1. The minimum absolute atomic E-state index is 0.0542. The highest BCUT2D eigenvalue weighted by atomic mass is 16.5. The number of aliphatic hydroxyl groups is 1. The first-order valence-electron chi connectivity index (χ1n) is 11.1. The number of hydrogen-bond donors (Lipinski definition) is 1. The Kier molecular flexibility index (Phi) is 6.56. The topological polar surface area (TPSA) is 77.2 Å². The predicted octanol–water partition coefficient (Wildman–Crippen LogP) is 4.59. The fourth-order valence-corrected chi connectivity index (χ4v) is 4.37. The number of nitrogens with zero attached hydrogens (tertiary/aromatic N) is 3. The van der Waals surface area contributed by atoms with E-state index >= 15 is 0 Å². The Balaban J connectivity index is 1.74. The van der Waals surface area contributed by atoms with Crippen molar-refractivity contribution in [2.45, 2.75) is 39.9 Å². The van der Waals surface area contributed by atoms with Gasteiger partial charge in [0.2, 0.25) is 0 Å². The summed E-state index contributed by atoms with van der Waals surface area (Å²) in [6, 6.07) is 19.7. The summed E-state index contributed by atoms with van der Waals surface area (Å²) in [5.41, 5.74) is 7.51. The van der Waals surface area contributed by atoms with Gasteiger partial charge in [-0.2, -0.15) is 0 Å². The van der Waals surface area contributed by atoms with Crippen LogP contribution in [0.4, 0.5) is 0 Å². The Hall–Kier alpha value is -3.51. The van der Waals surface area contributed by atoms with Crippen LogP contribution in [0, 0.1) is 19.8 Å². The highest BCUT2D eigenvalue weighted by Crippen LogP contribution is 2.37. The minimum Gasteiger partial charge on any atom is -0.461 e. The normalized spacial score (nSPS) is 13.1. The zero-order chi connectivity index (χ0) is 23.5. The largest absolute Gasteiger partial charge is 0.461 e. The smallest absolute Gasteiger partial charge is 0.309 e. The Morgan fingerprint density at radius 2 is 1.85 bits per heavy atom. The second-order valence-electron chi connectivity index (χ2n) is 8.56. The first-order valence-corrected chi connectivity index (χ1v) is 11.1. The van der Waals surface area contributed by atoms with Crippen LogP contribution in [0.15, 0.2) is 60.7 Å². The van der Waals surface area contributed by atoms with E-state index in [1.807, 2.05) is 88.5 Å². The molecule has 0 fully saturated rings. The molecule has 0 aliphatic rings. The molecule has 4 rings (SSSR count). The van der Waals surface area contributed by atoms with Gasteiger partial charge in [0.25, 0.3) is 0 Å². The molecule has 1 unspecified atom stereocenters. The van der Waals surface area contributed by atoms with Crippen LogP contribution in [0.5, 0.6) is 0 Å². The van der Waals surface area contributed by atoms with Crippen LogP contribution in [-0.2, 0) is 29.8 Å². The van der Waals surface area contributed by atoms with Crippen molar-refractivity contribution in [3.05, 3.63) is 94.0 Å². The van der Waals surface area contributed by atoms with Crippen molar-refractivity contribution in [3.8, 4) is 0 Å². The summed E-state index contributed by atoms with van der Waals surface area (Å²) in [4.78, 5) is 13.2. The second-order valence-corrected chi connectivity index (χ2v) is 8.56. The maximum Gasteiger partial charge on any atom is 0.309 e. The van der Waals surface area contributed by atoms with E-state index in [0.717, 1.165) is 44.4 Å². The van der Waals surface area contributed by atoms with E-state index in [0.29, 0.717) is 0 Å². The molecule has 2 atom stereocenters. The molecule has 0 bridgehead atoms. The van der Waals surface area contributed by atoms with Gasteiger partial charge in [-0.3, -0.25) is 4.79 Å². The molecule has 0 radical (unpaired) electrons. The Morgan fingerprint density at radius 3 is 2.58 bits per heavy atom. The molecule has 6 heteroatoms. The average Bonchev–Trinajstić information content (AvgIpc) is 3.22. The van der Waals surface area contributed by atoms with E-state index in [-0.39, 0.29) is 25.1 Å². The molecule has 6 nitrogen and oxygen atoms in total. The number of hydrogen-bond acceptors (Lipinski definition) is 5. The van der Waals surface area contributed by atoms with E-state index < -0.39 is 5.92 Å². The SMILES string of the molecule is Cc1ccc([C@H](c2ccc3c(nnn3C)c2C)C(C)C(=O)OCc2ccccc2)cc1CO. The molecular weight excluding hydrogens is 414 g/mol. The van der Waals surface area contributed by atoms with Gasteiger partial charge in [0.1, 0.15) is 12.1 Å². The summed E-state index contributed by atoms with van der Waals surface area (Å²) in [6.45, 7) is 6.06. The molecular formula is C27H29N3O3. The summed E-state index contributed by atoms with van der Waals surface area (Å²) in [5, 5.41) is 18.3. The lowest BCUT2D eigenvalue weighted by Gasteiger charge is -2.26. The minimum atomic E-state index is -0.448. The van der Waals surface area contributed by atoms with Crippen molar-refractivity contribution in [2.75, 3.05) is 0 Å². The van der Waals surface area contributed by atoms with Crippen molar-refractivity contribution in [3.63, 3.8) is 0 Å². The van der Waals surface area contributed by atoms with E-state index in [4.69, 9.17) is 4.74 Å². The first-order chi connectivity index (χ1) is 15.9. The lowest BCUT2D eigenvalue weighted by Crippen LogP contribution is -2.24. The Bertz CT molecular complexity index is 1280. The summed E-state index contributed by atoms with van der Waals surface area (Å²) < 4.78 is 7.45. The molecule has 0 amide bonds. The average molecular weight is 444 g/mol.